The van der Waals surface area contributed by atoms with Gasteiger partial charge in [-0.15, -0.1) is 0 Å². The lowest BCUT2D eigenvalue weighted by Crippen LogP contribution is -2.45. The molecule has 0 aromatic rings. The zero-order chi connectivity index (χ0) is 9.97. The summed E-state index contributed by atoms with van der Waals surface area (Å²) >= 11 is 0. The largest absolute Gasteiger partial charge is 0.312 e. The number of likely N-dealkylation sites (tertiary alicyclic amines) is 1. The van der Waals surface area contributed by atoms with Gasteiger partial charge in [0.2, 0.25) is 0 Å². The number of hydrogen-bond donors (Lipinski definition) is 1. The van der Waals surface area contributed by atoms with Gasteiger partial charge in [-0.05, 0) is 38.8 Å². The van der Waals surface area contributed by atoms with E-state index in [2.05, 4.69) is 5.32 Å². The van der Waals surface area contributed by atoms with Crippen LogP contribution in [0.15, 0.2) is 0 Å². The highest BCUT2D eigenvalue weighted by Gasteiger charge is 2.33. The van der Waals surface area contributed by atoms with Crippen LogP contribution in [0.3, 0.4) is 0 Å². The summed E-state index contributed by atoms with van der Waals surface area (Å²) in [4.78, 5) is 1.97. The third-order valence-electron chi connectivity index (χ3n) is 3.35. The Bertz CT molecular complexity index is 181. The van der Waals surface area contributed by atoms with Crippen LogP contribution in [0.1, 0.15) is 25.7 Å². The standard InChI is InChI=1S/C10H18F2N2/c11-10(12)7-14-6-2-4-9(14)8-3-1-5-13-8/h8-10,13H,1-7H2. The number of nitrogens with zero attached hydrogens (tertiary/aromatic N) is 1. The first kappa shape index (κ1) is 10.3. The van der Waals surface area contributed by atoms with Crippen molar-refractivity contribution in [1.29, 1.82) is 0 Å². The molecule has 2 fully saturated rings. The predicted molar refractivity (Wildman–Crippen MR) is 51.6 cm³/mol. The average Bonchev–Trinajstić information content (AvgIpc) is 2.70. The highest BCUT2D eigenvalue weighted by molar-refractivity contribution is 4.92. The lowest BCUT2D eigenvalue weighted by Gasteiger charge is -2.29. The molecule has 0 spiro atoms. The van der Waals surface area contributed by atoms with Crippen LogP contribution < -0.4 is 5.32 Å². The molecule has 2 nitrogen and oxygen atoms in total. The van der Waals surface area contributed by atoms with Crippen LogP contribution in [0.5, 0.6) is 0 Å². The maximum absolute atomic E-state index is 12.3. The molecule has 0 radical (unpaired) electrons. The Morgan fingerprint density at radius 1 is 1.29 bits per heavy atom. The van der Waals surface area contributed by atoms with Crippen LogP contribution in [-0.4, -0.2) is 43.0 Å². The first-order valence-corrected chi connectivity index (χ1v) is 5.53. The summed E-state index contributed by atoms with van der Waals surface area (Å²) in [5.41, 5.74) is 0. The fourth-order valence-electron chi connectivity index (χ4n) is 2.75. The van der Waals surface area contributed by atoms with Gasteiger partial charge < -0.3 is 5.32 Å². The Morgan fingerprint density at radius 2 is 2.14 bits per heavy atom. The van der Waals surface area contributed by atoms with Gasteiger partial charge in [0.25, 0.3) is 6.43 Å². The number of halogens is 2. The van der Waals surface area contributed by atoms with E-state index in [0.717, 1.165) is 32.4 Å². The molecule has 0 aromatic carbocycles. The van der Waals surface area contributed by atoms with Gasteiger partial charge in [0, 0.05) is 12.1 Å². The summed E-state index contributed by atoms with van der Waals surface area (Å²) in [6, 6.07) is 0.836. The molecular weight excluding hydrogens is 186 g/mol. The van der Waals surface area contributed by atoms with Crippen molar-refractivity contribution >= 4 is 0 Å². The molecule has 14 heavy (non-hydrogen) atoms. The van der Waals surface area contributed by atoms with Crippen LogP contribution in [-0.2, 0) is 0 Å². The van der Waals surface area contributed by atoms with Gasteiger partial charge in [-0.25, -0.2) is 8.78 Å². The summed E-state index contributed by atoms with van der Waals surface area (Å²) < 4.78 is 24.6. The van der Waals surface area contributed by atoms with Gasteiger partial charge in [-0.2, -0.15) is 0 Å². The fourth-order valence-corrected chi connectivity index (χ4v) is 2.75. The number of nitrogens with one attached hydrogen (secondary N) is 1. The Balaban J connectivity index is 1.89. The Labute approximate surface area is 83.7 Å². The SMILES string of the molecule is FC(F)CN1CCCC1C1CCCN1. The van der Waals surface area contributed by atoms with Crippen molar-refractivity contribution in [2.45, 2.75) is 44.2 Å². The number of hydrogen-bond acceptors (Lipinski definition) is 2. The normalized spacial score (nSPS) is 34.5. The van der Waals surface area contributed by atoms with E-state index in [1.54, 1.807) is 0 Å². The van der Waals surface area contributed by atoms with Gasteiger partial charge in [-0.1, -0.05) is 0 Å². The van der Waals surface area contributed by atoms with E-state index in [-0.39, 0.29) is 6.54 Å². The molecule has 0 amide bonds. The molecule has 4 heteroatoms. The molecule has 2 rings (SSSR count). The van der Waals surface area contributed by atoms with Gasteiger partial charge in [0.1, 0.15) is 0 Å². The minimum Gasteiger partial charge on any atom is -0.312 e. The molecule has 82 valence electrons. The minimum absolute atomic E-state index is 0.0388. The molecule has 0 aliphatic carbocycles. The van der Waals surface area contributed by atoms with Crippen molar-refractivity contribution < 1.29 is 8.78 Å². The first-order chi connectivity index (χ1) is 6.77. The Hall–Kier alpha value is -0.220. The minimum atomic E-state index is -2.18. The molecule has 2 aliphatic heterocycles. The molecule has 2 aliphatic rings. The molecule has 0 aromatic heterocycles. The number of rotatable bonds is 3. The van der Waals surface area contributed by atoms with E-state index in [9.17, 15) is 8.78 Å². The summed E-state index contributed by atoms with van der Waals surface area (Å²) in [5.74, 6) is 0. The molecule has 2 saturated heterocycles. The van der Waals surface area contributed by atoms with Crippen LogP contribution in [0.25, 0.3) is 0 Å². The molecule has 0 bridgehead atoms. The summed E-state index contributed by atoms with van der Waals surface area (Å²) in [7, 11) is 0. The van der Waals surface area contributed by atoms with Crippen molar-refractivity contribution in [3.8, 4) is 0 Å². The molecule has 2 atom stereocenters. The van der Waals surface area contributed by atoms with Crippen molar-refractivity contribution in [2.75, 3.05) is 19.6 Å². The molecule has 0 saturated carbocycles. The molecule has 2 heterocycles. The van der Waals surface area contributed by atoms with E-state index >= 15 is 0 Å². The lowest BCUT2D eigenvalue weighted by molar-refractivity contribution is 0.0750. The Kier molecular flexibility index (Phi) is 3.34. The number of alkyl halides is 2. The highest BCUT2D eigenvalue weighted by atomic mass is 19.3. The monoisotopic (exact) mass is 204 g/mol. The van der Waals surface area contributed by atoms with Crippen LogP contribution in [0, 0.1) is 0 Å². The third kappa shape index (κ3) is 2.23. The predicted octanol–water partition coefficient (Wildman–Crippen LogP) is 1.47. The maximum atomic E-state index is 12.3. The quantitative estimate of drug-likeness (QED) is 0.749. The average molecular weight is 204 g/mol. The molecule has 2 unspecified atom stereocenters. The first-order valence-electron chi connectivity index (χ1n) is 5.53. The third-order valence-corrected chi connectivity index (χ3v) is 3.35. The van der Waals surface area contributed by atoms with Crippen molar-refractivity contribution in [2.24, 2.45) is 0 Å². The molecule has 1 N–H and O–H groups in total. The summed E-state index contributed by atoms with van der Waals surface area (Å²) in [5, 5.41) is 3.42. The van der Waals surface area contributed by atoms with Gasteiger partial charge in [-0.3, -0.25) is 4.90 Å². The van der Waals surface area contributed by atoms with Crippen molar-refractivity contribution in [3.05, 3.63) is 0 Å². The lowest BCUT2D eigenvalue weighted by atomic mass is 10.0. The maximum Gasteiger partial charge on any atom is 0.251 e. The van der Waals surface area contributed by atoms with Gasteiger partial charge in [0.05, 0.1) is 6.54 Å². The summed E-state index contributed by atoms with van der Waals surface area (Å²) in [6.07, 6.45) is 2.34. The second kappa shape index (κ2) is 4.53. The topological polar surface area (TPSA) is 15.3 Å². The van der Waals surface area contributed by atoms with Crippen LogP contribution in [0.2, 0.25) is 0 Å². The molecular formula is C10H18F2N2. The van der Waals surface area contributed by atoms with Crippen molar-refractivity contribution in [3.63, 3.8) is 0 Å². The van der Waals surface area contributed by atoms with Crippen LogP contribution >= 0.6 is 0 Å². The highest BCUT2D eigenvalue weighted by Crippen LogP contribution is 2.25. The second-order valence-corrected chi connectivity index (χ2v) is 4.30. The zero-order valence-electron chi connectivity index (χ0n) is 8.38. The van der Waals surface area contributed by atoms with Crippen LogP contribution in [0.4, 0.5) is 8.78 Å². The van der Waals surface area contributed by atoms with E-state index < -0.39 is 6.43 Å². The van der Waals surface area contributed by atoms with E-state index in [4.69, 9.17) is 0 Å². The van der Waals surface area contributed by atoms with E-state index in [1.165, 1.54) is 6.42 Å². The van der Waals surface area contributed by atoms with Gasteiger partial charge >= 0.3 is 0 Å². The van der Waals surface area contributed by atoms with Crippen molar-refractivity contribution in [1.82, 2.24) is 10.2 Å². The zero-order valence-corrected chi connectivity index (χ0v) is 8.38. The smallest absolute Gasteiger partial charge is 0.251 e. The van der Waals surface area contributed by atoms with Gasteiger partial charge in [0.15, 0.2) is 0 Å². The fraction of sp³-hybridized carbons (Fsp3) is 1.00. The Morgan fingerprint density at radius 3 is 2.79 bits per heavy atom. The summed E-state index contributed by atoms with van der Waals surface area (Å²) in [6.45, 7) is 1.87. The van der Waals surface area contributed by atoms with E-state index in [0.29, 0.717) is 12.1 Å². The van der Waals surface area contributed by atoms with E-state index in [1.807, 2.05) is 4.90 Å². The second-order valence-electron chi connectivity index (χ2n) is 4.30.